The maximum absolute atomic E-state index is 13.3. The highest BCUT2D eigenvalue weighted by atomic mass is 35.5. The van der Waals surface area contributed by atoms with Crippen molar-refractivity contribution in [2.75, 3.05) is 24.5 Å². The van der Waals surface area contributed by atoms with E-state index in [0.29, 0.717) is 41.2 Å². The number of rotatable bonds is 5. The molecule has 0 aliphatic carbocycles. The Labute approximate surface area is 219 Å². The van der Waals surface area contributed by atoms with E-state index in [9.17, 15) is 12.8 Å². The molecule has 1 aliphatic rings. The number of hydrazone groups is 1. The summed E-state index contributed by atoms with van der Waals surface area (Å²) in [6.45, 7) is 7.15. The molecule has 0 atom stereocenters. The fraction of sp³-hybridized carbons (Fsp3) is 0.292. The number of aromatic nitrogens is 2. The molecule has 1 aromatic heterocycles. The fourth-order valence-electron chi connectivity index (χ4n) is 4.02. The summed E-state index contributed by atoms with van der Waals surface area (Å²) < 4.78 is 39.3. The van der Waals surface area contributed by atoms with Crippen LogP contribution in [0.4, 0.5) is 10.3 Å². The largest absolute Gasteiger partial charge is 0.346 e. The Morgan fingerprint density at radius 2 is 1.67 bits per heavy atom. The van der Waals surface area contributed by atoms with Gasteiger partial charge in [0.15, 0.2) is 11.7 Å². The van der Waals surface area contributed by atoms with E-state index >= 15 is 0 Å². The Morgan fingerprint density at radius 1 is 1.06 bits per heavy atom. The normalized spacial score (nSPS) is 16.2. The van der Waals surface area contributed by atoms with E-state index in [0.717, 1.165) is 18.0 Å². The van der Waals surface area contributed by atoms with Gasteiger partial charge in [0.25, 0.3) is 10.0 Å². The number of anilines is 1. The summed E-state index contributed by atoms with van der Waals surface area (Å²) in [5.41, 5.74) is 0.754. The molecule has 1 aliphatic heterocycles. The van der Waals surface area contributed by atoms with Crippen LogP contribution in [0.5, 0.6) is 0 Å². The molecule has 0 amide bonds. The van der Waals surface area contributed by atoms with Crippen molar-refractivity contribution in [3.05, 3.63) is 81.8 Å². The lowest BCUT2D eigenvalue weighted by Gasteiger charge is -2.48. The van der Waals surface area contributed by atoms with Gasteiger partial charge in [0, 0.05) is 19.6 Å². The minimum atomic E-state index is -3.96. The summed E-state index contributed by atoms with van der Waals surface area (Å²) in [5, 5.41) is 5.01. The average Bonchev–Trinajstić information content (AvgIpc) is 2.81. The molecule has 0 saturated carbocycles. The number of piperazine rings is 1. The second-order valence-corrected chi connectivity index (χ2v) is 11.5. The number of aryl methyl sites for hydroxylation is 1. The van der Waals surface area contributed by atoms with Crippen molar-refractivity contribution in [1.29, 1.82) is 0 Å². The molecule has 1 N–H and O–H groups in total. The average molecular weight is 551 g/mol. The number of amidine groups is 1. The minimum absolute atomic E-state index is 0.0824. The molecule has 0 radical (unpaired) electrons. The Hall–Kier alpha value is -2.95. The second kappa shape index (κ2) is 10.2. The molecular formula is C24H25Cl2FN6O2S. The zero-order valence-electron chi connectivity index (χ0n) is 19.9. The van der Waals surface area contributed by atoms with Gasteiger partial charge in [-0.3, -0.25) is 0 Å². The van der Waals surface area contributed by atoms with Crippen LogP contribution in [0.2, 0.25) is 10.0 Å². The van der Waals surface area contributed by atoms with Crippen LogP contribution in [0.3, 0.4) is 0 Å². The molecule has 0 unspecified atom stereocenters. The summed E-state index contributed by atoms with van der Waals surface area (Å²) in [6, 6.07) is 11.5. The molecule has 8 nitrogen and oxygen atoms in total. The molecule has 1 fully saturated rings. The molecule has 0 bridgehead atoms. The van der Waals surface area contributed by atoms with Gasteiger partial charge in [0.2, 0.25) is 5.95 Å². The maximum Gasteiger partial charge on any atom is 0.276 e. The standard InChI is InChI=1S/C24H25Cl2FN6O2S/c1-16-7-9-18(10-8-16)36(34,35)31-30-22(21-19(25)5-4-6-20(21)26)33-12-11-32(15-24(33,2)3)23-28-13-17(27)14-29-23/h4-10,13-14,31H,11-12,15H2,1-3H3/b30-22+. The highest BCUT2D eigenvalue weighted by Crippen LogP contribution is 2.31. The highest BCUT2D eigenvalue weighted by Gasteiger charge is 2.38. The van der Waals surface area contributed by atoms with E-state index in [-0.39, 0.29) is 10.7 Å². The van der Waals surface area contributed by atoms with Gasteiger partial charge in [0.05, 0.1) is 38.4 Å². The third-order valence-electron chi connectivity index (χ3n) is 5.84. The van der Waals surface area contributed by atoms with Crippen LogP contribution in [0.25, 0.3) is 0 Å². The van der Waals surface area contributed by atoms with Gasteiger partial charge in [-0.15, -0.1) is 5.10 Å². The van der Waals surface area contributed by atoms with E-state index in [4.69, 9.17) is 23.2 Å². The smallest absolute Gasteiger partial charge is 0.276 e. The van der Waals surface area contributed by atoms with Crippen molar-refractivity contribution in [2.45, 2.75) is 31.2 Å². The van der Waals surface area contributed by atoms with Gasteiger partial charge >= 0.3 is 0 Å². The minimum Gasteiger partial charge on any atom is -0.346 e. The molecule has 190 valence electrons. The number of nitrogens with zero attached hydrogens (tertiary/aromatic N) is 5. The molecule has 1 saturated heterocycles. The van der Waals surface area contributed by atoms with E-state index < -0.39 is 21.4 Å². The van der Waals surface area contributed by atoms with Gasteiger partial charge in [-0.2, -0.15) is 13.2 Å². The Balaban J connectivity index is 1.71. The molecule has 4 rings (SSSR count). The predicted molar refractivity (Wildman–Crippen MR) is 139 cm³/mol. The Kier molecular flexibility index (Phi) is 7.40. The molecule has 12 heteroatoms. The highest BCUT2D eigenvalue weighted by molar-refractivity contribution is 7.89. The van der Waals surface area contributed by atoms with Crippen molar-refractivity contribution in [2.24, 2.45) is 5.10 Å². The third-order valence-corrected chi connectivity index (χ3v) is 7.69. The number of hydrogen-bond acceptors (Lipinski definition) is 6. The first-order valence-corrected chi connectivity index (χ1v) is 13.3. The summed E-state index contributed by atoms with van der Waals surface area (Å²) in [7, 11) is -3.96. The lowest BCUT2D eigenvalue weighted by molar-refractivity contribution is 0.191. The Bertz CT molecular complexity index is 1360. The van der Waals surface area contributed by atoms with Crippen LogP contribution >= 0.6 is 23.2 Å². The number of sulfonamides is 1. The topological polar surface area (TPSA) is 90.8 Å². The molecule has 2 heterocycles. The summed E-state index contributed by atoms with van der Waals surface area (Å²) >= 11 is 13.1. The monoisotopic (exact) mass is 550 g/mol. The lowest BCUT2D eigenvalue weighted by Crippen LogP contribution is -2.62. The van der Waals surface area contributed by atoms with Crippen molar-refractivity contribution in [3.8, 4) is 0 Å². The molecule has 2 aromatic carbocycles. The van der Waals surface area contributed by atoms with E-state index in [1.54, 1.807) is 30.3 Å². The number of benzene rings is 2. The van der Waals surface area contributed by atoms with Crippen LogP contribution in [0, 0.1) is 12.7 Å². The summed E-state index contributed by atoms with van der Waals surface area (Å²) in [4.78, 5) is 14.5. The number of nitrogens with one attached hydrogen (secondary N) is 1. The fourth-order valence-corrected chi connectivity index (χ4v) is 5.40. The van der Waals surface area contributed by atoms with E-state index in [2.05, 4.69) is 19.9 Å². The van der Waals surface area contributed by atoms with Gasteiger partial charge in [-0.25, -0.2) is 14.4 Å². The molecule has 3 aromatic rings. The predicted octanol–water partition coefficient (Wildman–Crippen LogP) is 4.47. The number of halogens is 3. The first kappa shape index (κ1) is 26.1. The first-order chi connectivity index (χ1) is 17.0. The van der Waals surface area contributed by atoms with Gasteiger partial charge in [-0.05, 0) is 45.0 Å². The summed E-state index contributed by atoms with van der Waals surface area (Å²) in [6.07, 6.45) is 2.25. The van der Waals surface area contributed by atoms with Gasteiger partial charge in [0.1, 0.15) is 0 Å². The molecular weight excluding hydrogens is 526 g/mol. The van der Waals surface area contributed by atoms with Crippen molar-refractivity contribution in [1.82, 2.24) is 19.7 Å². The maximum atomic E-state index is 13.3. The summed E-state index contributed by atoms with van der Waals surface area (Å²) in [5.74, 6) is 0.171. The second-order valence-electron chi connectivity index (χ2n) is 9.03. The Morgan fingerprint density at radius 3 is 2.25 bits per heavy atom. The van der Waals surface area contributed by atoms with Crippen LogP contribution < -0.4 is 9.73 Å². The number of hydrogen-bond donors (Lipinski definition) is 1. The third kappa shape index (κ3) is 5.55. The quantitative estimate of drug-likeness (QED) is 0.286. The van der Waals surface area contributed by atoms with Crippen LogP contribution in [0.15, 0.2) is 64.9 Å². The first-order valence-electron chi connectivity index (χ1n) is 11.1. The van der Waals surface area contributed by atoms with Crippen LogP contribution in [-0.4, -0.2) is 54.3 Å². The van der Waals surface area contributed by atoms with Crippen LogP contribution in [0.1, 0.15) is 25.0 Å². The molecule has 36 heavy (non-hydrogen) atoms. The zero-order chi connectivity index (χ0) is 26.1. The molecule has 0 spiro atoms. The van der Waals surface area contributed by atoms with Gasteiger partial charge in [-0.1, -0.05) is 47.0 Å². The zero-order valence-corrected chi connectivity index (χ0v) is 22.2. The van der Waals surface area contributed by atoms with Crippen LogP contribution in [-0.2, 0) is 10.0 Å². The van der Waals surface area contributed by atoms with Crippen molar-refractivity contribution >= 4 is 45.0 Å². The van der Waals surface area contributed by atoms with E-state index in [1.807, 2.05) is 30.6 Å². The SMILES string of the molecule is Cc1ccc(S(=O)(=O)N/N=C(\c2c(Cl)cccc2Cl)N2CCN(c3ncc(F)cn3)CC2(C)C)cc1. The lowest BCUT2D eigenvalue weighted by atomic mass is 9.97. The van der Waals surface area contributed by atoms with Gasteiger partial charge < -0.3 is 9.80 Å². The van der Waals surface area contributed by atoms with E-state index in [1.165, 1.54) is 12.1 Å². The van der Waals surface area contributed by atoms with Crippen molar-refractivity contribution in [3.63, 3.8) is 0 Å². The van der Waals surface area contributed by atoms with Crippen molar-refractivity contribution < 1.29 is 12.8 Å².